The third-order valence-electron chi connectivity index (χ3n) is 3.58. The second-order valence-corrected chi connectivity index (χ2v) is 5.48. The highest BCUT2D eigenvalue weighted by Crippen LogP contribution is 2.32. The number of nitrogens with one attached hydrogen (secondary N) is 1. The molecule has 0 radical (unpaired) electrons. The third kappa shape index (κ3) is 2.02. The Kier molecular flexibility index (Phi) is 3.11. The molecule has 0 spiro atoms. The highest BCUT2D eigenvalue weighted by Gasteiger charge is 2.14. The van der Waals surface area contributed by atoms with Gasteiger partial charge in [-0.05, 0) is 43.7 Å². The van der Waals surface area contributed by atoms with Gasteiger partial charge in [0.05, 0.1) is 5.69 Å². The van der Waals surface area contributed by atoms with E-state index in [9.17, 15) is 4.79 Å². The summed E-state index contributed by atoms with van der Waals surface area (Å²) < 4.78 is 0. The first-order valence-electron chi connectivity index (χ1n) is 6.44. The molecule has 3 aromatic rings. The molecule has 2 aromatic carbocycles. The summed E-state index contributed by atoms with van der Waals surface area (Å²) in [7, 11) is 0. The molecule has 0 aliphatic carbocycles. The molecule has 1 N–H and O–H groups in total. The number of benzene rings is 2. The Labute approximate surface area is 122 Å². The zero-order valence-corrected chi connectivity index (χ0v) is 12.1. The van der Waals surface area contributed by atoms with E-state index in [-0.39, 0.29) is 0 Å². The van der Waals surface area contributed by atoms with Gasteiger partial charge in [-0.3, -0.25) is 4.79 Å². The highest BCUT2D eigenvalue weighted by molar-refractivity contribution is 6.31. The topological polar surface area (TPSA) is 32.9 Å². The van der Waals surface area contributed by atoms with Crippen LogP contribution in [-0.2, 0) is 0 Å². The second kappa shape index (κ2) is 4.80. The Hall–Kier alpha value is -2.06. The van der Waals surface area contributed by atoms with Gasteiger partial charge in [-0.1, -0.05) is 29.3 Å². The van der Waals surface area contributed by atoms with Crippen molar-refractivity contribution in [3.05, 3.63) is 58.1 Å². The molecular weight excluding hydrogens is 270 g/mol. The maximum atomic E-state index is 11.5. The van der Waals surface area contributed by atoms with E-state index in [4.69, 9.17) is 11.6 Å². The minimum Gasteiger partial charge on any atom is -0.354 e. The van der Waals surface area contributed by atoms with Crippen LogP contribution >= 0.6 is 11.6 Å². The van der Waals surface area contributed by atoms with Gasteiger partial charge >= 0.3 is 0 Å². The number of aldehydes is 1. The summed E-state index contributed by atoms with van der Waals surface area (Å²) in [6.07, 6.45) is 0.895. The van der Waals surface area contributed by atoms with Crippen molar-refractivity contribution < 1.29 is 4.79 Å². The summed E-state index contributed by atoms with van der Waals surface area (Å²) in [6.45, 7) is 4.09. The Morgan fingerprint density at radius 2 is 1.90 bits per heavy atom. The molecule has 0 aliphatic rings. The van der Waals surface area contributed by atoms with Crippen LogP contribution < -0.4 is 0 Å². The predicted molar refractivity (Wildman–Crippen MR) is 83.6 cm³/mol. The molecular formula is C17H14ClNO. The number of aromatic amines is 1. The number of aryl methyl sites for hydroxylation is 2. The molecule has 3 heteroatoms. The second-order valence-electron chi connectivity index (χ2n) is 5.04. The van der Waals surface area contributed by atoms with E-state index in [1.165, 1.54) is 5.56 Å². The van der Waals surface area contributed by atoms with E-state index >= 15 is 0 Å². The first-order valence-corrected chi connectivity index (χ1v) is 6.82. The molecule has 2 nitrogen and oxygen atoms in total. The van der Waals surface area contributed by atoms with E-state index < -0.39 is 0 Å². The van der Waals surface area contributed by atoms with E-state index in [1.54, 1.807) is 0 Å². The number of hydrogen-bond acceptors (Lipinski definition) is 1. The predicted octanol–water partition coefficient (Wildman–Crippen LogP) is 4.92. The zero-order valence-electron chi connectivity index (χ0n) is 11.3. The molecule has 1 aromatic heterocycles. The quantitative estimate of drug-likeness (QED) is 0.666. The third-order valence-corrected chi connectivity index (χ3v) is 3.82. The molecule has 0 aliphatic heterocycles. The molecule has 0 fully saturated rings. The fourth-order valence-corrected chi connectivity index (χ4v) is 2.70. The van der Waals surface area contributed by atoms with Gasteiger partial charge in [0.25, 0.3) is 0 Å². The van der Waals surface area contributed by atoms with Crippen molar-refractivity contribution in [1.82, 2.24) is 4.98 Å². The fourth-order valence-electron chi connectivity index (χ4n) is 2.52. The van der Waals surface area contributed by atoms with E-state index in [0.29, 0.717) is 10.6 Å². The molecule has 0 unspecified atom stereocenters. The lowest BCUT2D eigenvalue weighted by molar-refractivity contribution is 0.112. The Morgan fingerprint density at radius 1 is 1.10 bits per heavy atom. The smallest absolute Gasteiger partial charge is 0.152 e. The molecule has 0 saturated carbocycles. The summed E-state index contributed by atoms with van der Waals surface area (Å²) >= 11 is 6.03. The van der Waals surface area contributed by atoms with Crippen LogP contribution in [0, 0.1) is 13.8 Å². The number of fused-ring (bicyclic) bond motifs is 1. The maximum Gasteiger partial charge on any atom is 0.152 e. The zero-order chi connectivity index (χ0) is 14.3. The molecule has 0 atom stereocenters. The Balaban J connectivity index is 2.36. The largest absolute Gasteiger partial charge is 0.354 e. The number of halogens is 1. The van der Waals surface area contributed by atoms with Gasteiger partial charge in [0.2, 0.25) is 0 Å². The highest BCUT2D eigenvalue weighted by atomic mass is 35.5. The first kappa shape index (κ1) is 12.9. The van der Waals surface area contributed by atoms with Crippen LogP contribution in [0.5, 0.6) is 0 Å². The summed E-state index contributed by atoms with van der Waals surface area (Å²) in [4.78, 5) is 14.9. The van der Waals surface area contributed by atoms with Gasteiger partial charge in [0, 0.05) is 27.1 Å². The van der Waals surface area contributed by atoms with Crippen LogP contribution in [0.4, 0.5) is 0 Å². The normalized spacial score (nSPS) is 10.9. The van der Waals surface area contributed by atoms with Crippen LogP contribution in [0.15, 0.2) is 36.4 Å². The van der Waals surface area contributed by atoms with Gasteiger partial charge in [0.1, 0.15) is 0 Å². The van der Waals surface area contributed by atoms with Gasteiger partial charge in [-0.2, -0.15) is 0 Å². The summed E-state index contributed by atoms with van der Waals surface area (Å²) in [5.74, 6) is 0. The SMILES string of the molecule is Cc1ccc(C)c(-c2[nH]c3ccc(Cl)cc3c2C=O)c1. The summed E-state index contributed by atoms with van der Waals surface area (Å²) in [5, 5.41) is 1.50. The number of carbonyl (C=O) groups is 1. The van der Waals surface area contributed by atoms with Crippen molar-refractivity contribution in [1.29, 1.82) is 0 Å². The minimum atomic E-state index is 0.632. The molecule has 0 saturated heterocycles. The van der Waals surface area contributed by atoms with E-state index in [0.717, 1.165) is 34.0 Å². The lowest BCUT2D eigenvalue weighted by Crippen LogP contribution is -1.89. The van der Waals surface area contributed by atoms with Crippen molar-refractivity contribution in [3.8, 4) is 11.3 Å². The van der Waals surface area contributed by atoms with E-state index in [2.05, 4.69) is 23.2 Å². The summed E-state index contributed by atoms with van der Waals surface area (Å²) in [5.41, 5.74) is 5.80. The van der Waals surface area contributed by atoms with Crippen molar-refractivity contribution >= 4 is 28.8 Å². The van der Waals surface area contributed by atoms with Crippen molar-refractivity contribution in [2.75, 3.05) is 0 Å². The number of aromatic nitrogens is 1. The van der Waals surface area contributed by atoms with E-state index in [1.807, 2.05) is 32.0 Å². The number of rotatable bonds is 2. The van der Waals surface area contributed by atoms with Crippen LogP contribution in [0.25, 0.3) is 22.2 Å². The number of carbonyl (C=O) groups excluding carboxylic acids is 1. The monoisotopic (exact) mass is 283 g/mol. The van der Waals surface area contributed by atoms with Gasteiger partial charge in [-0.15, -0.1) is 0 Å². The maximum absolute atomic E-state index is 11.5. The summed E-state index contributed by atoms with van der Waals surface area (Å²) in [6, 6.07) is 11.8. The van der Waals surface area contributed by atoms with Crippen LogP contribution in [0.2, 0.25) is 5.02 Å². The molecule has 3 rings (SSSR count). The first-order chi connectivity index (χ1) is 9.60. The Morgan fingerprint density at radius 3 is 2.65 bits per heavy atom. The Bertz CT molecular complexity index is 817. The minimum absolute atomic E-state index is 0.632. The van der Waals surface area contributed by atoms with Crippen LogP contribution in [-0.4, -0.2) is 11.3 Å². The van der Waals surface area contributed by atoms with Gasteiger partial charge in [-0.25, -0.2) is 0 Å². The molecule has 100 valence electrons. The average molecular weight is 284 g/mol. The van der Waals surface area contributed by atoms with Gasteiger partial charge in [0.15, 0.2) is 6.29 Å². The lowest BCUT2D eigenvalue weighted by atomic mass is 10.00. The van der Waals surface area contributed by atoms with Gasteiger partial charge < -0.3 is 4.98 Å². The molecule has 1 heterocycles. The van der Waals surface area contributed by atoms with Crippen molar-refractivity contribution in [2.24, 2.45) is 0 Å². The number of hydrogen-bond donors (Lipinski definition) is 1. The van der Waals surface area contributed by atoms with Crippen molar-refractivity contribution in [2.45, 2.75) is 13.8 Å². The lowest BCUT2D eigenvalue weighted by Gasteiger charge is -2.06. The van der Waals surface area contributed by atoms with Crippen LogP contribution in [0.1, 0.15) is 21.5 Å². The molecule has 0 amide bonds. The van der Waals surface area contributed by atoms with Crippen LogP contribution in [0.3, 0.4) is 0 Å². The molecule has 0 bridgehead atoms. The fraction of sp³-hybridized carbons (Fsp3) is 0.118. The molecule has 20 heavy (non-hydrogen) atoms. The number of H-pyrrole nitrogens is 1. The van der Waals surface area contributed by atoms with Crippen molar-refractivity contribution in [3.63, 3.8) is 0 Å². The average Bonchev–Trinajstić information content (AvgIpc) is 2.79. The standard InChI is InChI=1S/C17H14ClNO/c1-10-3-4-11(2)13(7-10)17-15(9-20)14-8-12(18)5-6-16(14)19-17/h3-9,19H,1-2H3.